The Kier molecular flexibility index (Phi) is 34.6. The maximum Gasteiger partial charge on any atom is 0.101 e. The molecule has 1 aliphatic rings. The summed E-state index contributed by atoms with van der Waals surface area (Å²) < 4.78 is 0. The van der Waals surface area contributed by atoms with Crippen LogP contribution in [0, 0.1) is 0 Å². The van der Waals surface area contributed by atoms with Gasteiger partial charge in [-0.2, -0.15) is 0 Å². The van der Waals surface area contributed by atoms with Crippen LogP contribution in [0.2, 0.25) is 0 Å². The summed E-state index contributed by atoms with van der Waals surface area (Å²) in [5.74, 6) is 0. The highest BCUT2D eigenvalue weighted by atomic mass is 15.4. The van der Waals surface area contributed by atoms with Crippen molar-refractivity contribution < 1.29 is 0 Å². The first-order valence-corrected chi connectivity index (χ1v) is 22.5. The molecule has 2 nitrogen and oxygen atoms in total. The van der Waals surface area contributed by atoms with Crippen molar-refractivity contribution in [2.75, 3.05) is 13.1 Å². The molecule has 1 heterocycles. The number of hydrogen-bond donors (Lipinski definition) is 0. The molecule has 0 N–H and O–H groups in total. The lowest BCUT2D eigenvalue weighted by atomic mass is 10.0. The Labute approximate surface area is 299 Å². The number of unbranched alkanes of at least 4 members (excludes halogenated alkanes) is 33. The van der Waals surface area contributed by atoms with E-state index in [9.17, 15) is 0 Å². The first-order chi connectivity index (χ1) is 23.3. The smallest absolute Gasteiger partial charge is 0.101 e. The monoisotopic (exact) mass is 659 g/mol. The van der Waals surface area contributed by atoms with Crippen molar-refractivity contribution in [3.63, 3.8) is 0 Å². The normalized spacial score (nSPS) is 14.7. The molecule has 1 aliphatic heterocycles. The summed E-state index contributed by atoms with van der Waals surface area (Å²) in [5.41, 5.74) is 0. The minimum absolute atomic E-state index is 0.638. The van der Waals surface area contributed by atoms with Crippen molar-refractivity contribution in [3.05, 3.63) is 12.4 Å². The predicted octanol–water partition coefficient (Wildman–Crippen LogP) is 15.9. The van der Waals surface area contributed by atoms with Crippen LogP contribution >= 0.6 is 0 Å². The standard InChI is InChI=1S/C45H90N2/c1-4-7-10-13-16-18-20-22-23-24-25-27-29-31-34-37-40-45-46(41-38-35-32-15-12-9-6-3)43-44-47(45)42-39-36-33-30-28-26-21-19-17-14-11-8-5-2/h43-45H,4-42H2,1-3H3. The fourth-order valence-electron chi connectivity index (χ4n) is 7.78. The molecule has 0 radical (unpaired) electrons. The molecule has 0 bridgehead atoms. The Balaban J connectivity index is 2.16. The van der Waals surface area contributed by atoms with Gasteiger partial charge in [0.2, 0.25) is 0 Å². The molecule has 0 aliphatic carbocycles. The van der Waals surface area contributed by atoms with Crippen molar-refractivity contribution in [3.8, 4) is 0 Å². The van der Waals surface area contributed by atoms with Crippen LogP contribution < -0.4 is 0 Å². The molecule has 1 atom stereocenters. The molecule has 2 heteroatoms. The molecule has 0 saturated carbocycles. The predicted molar refractivity (Wildman–Crippen MR) is 214 cm³/mol. The Morgan fingerprint density at radius 2 is 0.489 bits per heavy atom. The molecule has 0 amide bonds. The minimum Gasteiger partial charge on any atom is -0.356 e. The zero-order chi connectivity index (χ0) is 33.7. The van der Waals surface area contributed by atoms with Crippen LogP contribution in [-0.4, -0.2) is 29.1 Å². The number of rotatable bonds is 39. The maximum atomic E-state index is 2.73. The molecular formula is C45H90N2. The molecule has 47 heavy (non-hydrogen) atoms. The quantitative estimate of drug-likeness (QED) is 0.0606. The number of nitrogens with zero attached hydrogens (tertiary/aromatic N) is 2. The Bertz CT molecular complexity index is 615. The van der Waals surface area contributed by atoms with Crippen molar-refractivity contribution in [1.82, 2.24) is 9.80 Å². The van der Waals surface area contributed by atoms with E-state index in [4.69, 9.17) is 0 Å². The summed E-state index contributed by atoms with van der Waals surface area (Å²) >= 11 is 0. The topological polar surface area (TPSA) is 6.48 Å². The van der Waals surface area contributed by atoms with Crippen molar-refractivity contribution in [1.29, 1.82) is 0 Å². The van der Waals surface area contributed by atoms with E-state index in [1.54, 1.807) is 0 Å². The molecule has 1 unspecified atom stereocenters. The van der Waals surface area contributed by atoms with Crippen LogP contribution in [0.5, 0.6) is 0 Å². The largest absolute Gasteiger partial charge is 0.356 e. The van der Waals surface area contributed by atoms with Crippen molar-refractivity contribution >= 4 is 0 Å². The molecule has 1 rings (SSSR count). The second-order valence-corrected chi connectivity index (χ2v) is 15.7. The minimum atomic E-state index is 0.638. The molecule has 0 aromatic carbocycles. The molecule has 280 valence electrons. The summed E-state index contributed by atoms with van der Waals surface area (Å²) in [6.45, 7) is 9.49. The maximum absolute atomic E-state index is 2.73. The van der Waals surface area contributed by atoms with Crippen molar-refractivity contribution in [2.24, 2.45) is 0 Å². The molecule has 0 fully saturated rings. The Morgan fingerprint density at radius 3 is 0.745 bits per heavy atom. The van der Waals surface area contributed by atoms with E-state index < -0.39 is 0 Å². The lowest BCUT2D eigenvalue weighted by molar-refractivity contribution is 0.135. The third-order valence-electron chi connectivity index (χ3n) is 11.1. The SMILES string of the molecule is CCCCCCCCCCCCCCCCCCC1N(CCCCCCCCC)C=CN1CCCCCCCCCCCCCCC. The van der Waals surface area contributed by atoms with Crippen LogP contribution in [0.3, 0.4) is 0 Å². The van der Waals surface area contributed by atoms with Crippen LogP contribution in [0.25, 0.3) is 0 Å². The third-order valence-corrected chi connectivity index (χ3v) is 11.1. The second kappa shape index (κ2) is 36.6. The lowest BCUT2D eigenvalue weighted by Gasteiger charge is -2.33. The van der Waals surface area contributed by atoms with Gasteiger partial charge in [0.15, 0.2) is 0 Å². The lowest BCUT2D eigenvalue weighted by Crippen LogP contribution is -2.39. The average molecular weight is 659 g/mol. The Morgan fingerprint density at radius 1 is 0.277 bits per heavy atom. The molecule has 0 aromatic rings. The Hall–Kier alpha value is -0.660. The summed E-state index contributed by atoms with van der Waals surface area (Å²) in [4.78, 5) is 5.45. The van der Waals surface area contributed by atoms with Gasteiger partial charge in [-0.15, -0.1) is 0 Å². The van der Waals surface area contributed by atoms with Gasteiger partial charge in [-0.3, -0.25) is 0 Å². The molecular weight excluding hydrogens is 569 g/mol. The van der Waals surface area contributed by atoms with Gasteiger partial charge in [0.05, 0.1) is 0 Å². The first-order valence-electron chi connectivity index (χ1n) is 22.5. The van der Waals surface area contributed by atoms with Crippen LogP contribution in [0.1, 0.15) is 258 Å². The fraction of sp³-hybridized carbons (Fsp3) is 0.956. The van der Waals surface area contributed by atoms with Crippen LogP contribution in [-0.2, 0) is 0 Å². The van der Waals surface area contributed by atoms with Crippen LogP contribution in [0.4, 0.5) is 0 Å². The molecule has 0 aromatic heterocycles. The van der Waals surface area contributed by atoms with E-state index in [1.807, 2.05) is 0 Å². The van der Waals surface area contributed by atoms with E-state index in [0.717, 1.165) is 0 Å². The van der Waals surface area contributed by atoms with Gasteiger partial charge in [0.1, 0.15) is 6.17 Å². The summed E-state index contributed by atoms with van der Waals surface area (Å²) in [7, 11) is 0. The third kappa shape index (κ3) is 28.8. The van der Waals surface area contributed by atoms with Crippen LogP contribution in [0.15, 0.2) is 12.4 Å². The fourth-order valence-corrected chi connectivity index (χ4v) is 7.78. The van der Waals surface area contributed by atoms with Gasteiger partial charge in [-0.1, -0.05) is 233 Å². The highest BCUT2D eigenvalue weighted by Crippen LogP contribution is 2.24. The van der Waals surface area contributed by atoms with Gasteiger partial charge < -0.3 is 9.80 Å². The zero-order valence-electron chi connectivity index (χ0n) is 33.2. The van der Waals surface area contributed by atoms with Gasteiger partial charge in [-0.05, 0) is 25.7 Å². The molecule has 0 saturated heterocycles. The highest BCUT2D eigenvalue weighted by molar-refractivity contribution is 4.97. The van der Waals surface area contributed by atoms with E-state index >= 15 is 0 Å². The first kappa shape index (κ1) is 44.4. The zero-order valence-corrected chi connectivity index (χ0v) is 33.2. The summed E-state index contributed by atoms with van der Waals surface area (Å²) in [6.07, 6.45) is 58.9. The van der Waals surface area contributed by atoms with Gasteiger partial charge >= 0.3 is 0 Å². The van der Waals surface area contributed by atoms with E-state index in [-0.39, 0.29) is 0 Å². The van der Waals surface area contributed by atoms with Gasteiger partial charge in [0.25, 0.3) is 0 Å². The van der Waals surface area contributed by atoms with E-state index in [1.165, 1.54) is 251 Å². The van der Waals surface area contributed by atoms with Crippen molar-refractivity contribution in [2.45, 2.75) is 265 Å². The highest BCUT2D eigenvalue weighted by Gasteiger charge is 2.24. The summed E-state index contributed by atoms with van der Waals surface area (Å²) in [6, 6.07) is 0. The average Bonchev–Trinajstić information content (AvgIpc) is 3.47. The summed E-state index contributed by atoms with van der Waals surface area (Å²) in [5, 5.41) is 0. The van der Waals surface area contributed by atoms with E-state index in [2.05, 4.69) is 43.0 Å². The van der Waals surface area contributed by atoms with Gasteiger partial charge in [0, 0.05) is 25.5 Å². The second-order valence-electron chi connectivity index (χ2n) is 15.7. The number of hydrogen-bond acceptors (Lipinski definition) is 2. The van der Waals surface area contributed by atoms with Gasteiger partial charge in [-0.25, -0.2) is 0 Å². The van der Waals surface area contributed by atoms with E-state index in [0.29, 0.717) is 6.17 Å². The molecule has 0 spiro atoms.